The highest BCUT2D eigenvalue weighted by Crippen LogP contribution is 2.36. The molecule has 0 bridgehead atoms. The van der Waals surface area contributed by atoms with Crippen LogP contribution < -0.4 is 10.2 Å². The summed E-state index contributed by atoms with van der Waals surface area (Å²) in [4.78, 5) is 59.9. The quantitative estimate of drug-likeness (QED) is 0.309. The van der Waals surface area contributed by atoms with Crippen LogP contribution in [0.1, 0.15) is 27.0 Å². The van der Waals surface area contributed by atoms with E-state index < -0.39 is 47.3 Å². The Morgan fingerprint density at radius 3 is 2.55 bits per heavy atom. The van der Waals surface area contributed by atoms with Crippen molar-refractivity contribution in [3.05, 3.63) is 15.9 Å². The molecule has 0 radical (unpaired) electrons. The zero-order chi connectivity index (χ0) is 24.1. The molecule has 1 aliphatic heterocycles. The van der Waals surface area contributed by atoms with E-state index >= 15 is 0 Å². The fourth-order valence-corrected chi connectivity index (χ4v) is 4.05. The van der Waals surface area contributed by atoms with Crippen LogP contribution in [0.15, 0.2) is 16.0 Å². The highest BCUT2D eigenvalue weighted by Gasteiger charge is 2.51. The minimum Gasteiger partial charge on any atom is -0.463 e. The van der Waals surface area contributed by atoms with Crippen molar-refractivity contribution < 1.29 is 33.3 Å². The lowest BCUT2D eigenvalue weighted by atomic mass is 10.1. The molecule has 14 heteroatoms. The smallest absolute Gasteiger partial charge is 0.311 e. The summed E-state index contributed by atoms with van der Waals surface area (Å²) in [6, 6.07) is 0. The second-order valence-electron chi connectivity index (χ2n) is 6.98. The number of aliphatic imine (C=N–C) groups is 1. The summed E-state index contributed by atoms with van der Waals surface area (Å²) >= 11 is 0.863. The number of fused-ring (bicyclic) bond motifs is 1. The molecule has 13 nitrogen and oxygen atoms in total. The first-order chi connectivity index (χ1) is 15.7. The molecule has 33 heavy (non-hydrogen) atoms. The number of thiazole rings is 1. The van der Waals surface area contributed by atoms with E-state index in [1.165, 1.54) is 31.5 Å². The van der Waals surface area contributed by atoms with Crippen molar-refractivity contribution in [3.63, 3.8) is 0 Å². The second kappa shape index (κ2) is 10.6. The van der Waals surface area contributed by atoms with Gasteiger partial charge in [-0.25, -0.2) is 9.98 Å². The molecule has 2 aromatic heterocycles. The summed E-state index contributed by atoms with van der Waals surface area (Å²) in [7, 11) is 1.75. The summed E-state index contributed by atoms with van der Waals surface area (Å²) in [6.45, 7) is 3.76. The minimum atomic E-state index is -1.20. The maximum Gasteiger partial charge on any atom is 0.311 e. The first kappa shape index (κ1) is 24.4. The van der Waals surface area contributed by atoms with Crippen LogP contribution in [-0.4, -0.2) is 77.2 Å². The molecule has 178 valence electrons. The van der Waals surface area contributed by atoms with Gasteiger partial charge in [-0.15, -0.1) is 0 Å². The lowest BCUT2D eigenvalue weighted by Gasteiger charge is -2.23. The van der Waals surface area contributed by atoms with Gasteiger partial charge in [0.2, 0.25) is 0 Å². The Balaban J connectivity index is 2.07. The van der Waals surface area contributed by atoms with Crippen LogP contribution in [-0.2, 0) is 33.3 Å². The third kappa shape index (κ3) is 5.77. The average Bonchev–Trinajstić information content (AvgIpc) is 3.22. The molecular weight excluding hydrogens is 458 g/mol. The van der Waals surface area contributed by atoms with Gasteiger partial charge in [0, 0.05) is 33.5 Å². The summed E-state index contributed by atoms with van der Waals surface area (Å²) in [5, 5.41) is 2.90. The lowest BCUT2D eigenvalue weighted by molar-refractivity contribution is -0.166. The third-order valence-corrected chi connectivity index (χ3v) is 5.32. The van der Waals surface area contributed by atoms with Crippen molar-refractivity contribution in [2.75, 3.05) is 20.2 Å². The molecule has 0 unspecified atom stereocenters. The summed E-state index contributed by atoms with van der Waals surface area (Å²) in [6.07, 6.45) is -1.52. The molecule has 0 aromatic carbocycles. The molecule has 0 aliphatic carbocycles. The monoisotopic (exact) mass is 481 g/mol. The first-order valence-electron chi connectivity index (χ1n) is 9.89. The Kier molecular flexibility index (Phi) is 7.84. The van der Waals surface area contributed by atoms with Gasteiger partial charge in [0.15, 0.2) is 24.1 Å². The van der Waals surface area contributed by atoms with Crippen molar-refractivity contribution in [2.24, 2.45) is 4.99 Å². The maximum absolute atomic E-state index is 12.9. The van der Waals surface area contributed by atoms with Crippen LogP contribution in [0.3, 0.4) is 0 Å². The molecular formula is C19H23N5O8S. The molecule has 1 fully saturated rings. The Labute approximate surface area is 191 Å². The fourth-order valence-electron chi connectivity index (χ4n) is 3.23. The summed E-state index contributed by atoms with van der Waals surface area (Å²) in [5.41, 5.74) is 0.202. The van der Waals surface area contributed by atoms with E-state index in [4.69, 9.17) is 18.9 Å². The maximum atomic E-state index is 12.9. The molecule has 2 aromatic rings. The van der Waals surface area contributed by atoms with Gasteiger partial charge in [0.1, 0.15) is 12.7 Å². The Bertz CT molecular complexity index is 1130. The van der Waals surface area contributed by atoms with Gasteiger partial charge < -0.3 is 24.3 Å². The van der Waals surface area contributed by atoms with E-state index in [9.17, 15) is 19.2 Å². The number of nitrogens with one attached hydrogen (secondary N) is 1. The average molecular weight is 481 g/mol. The largest absolute Gasteiger partial charge is 0.463 e. The fraction of sp³-hybridized carbons (Fsp3) is 0.526. The van der Waals surface area contributed by atoms with Crippen LogP contribution in [0.25, 0.3) is 10.3 Å². The van der Waals surface area contributed by atoms with Crippen molar-refractivity contribution in [1.82, 2.24) is 19.9 Å². The van der Waals surface area contributed by atoms with E-state index in [1.807, 2.05) is 0 Å². The van der Waals surface area contributed by atoms with Gasteiger partial charge in [-0.05, 0) is 7.05 Å². The van der Waals surface area contributed by atoms with Crippen LogP contribution in [0.4, 0.5) is 5.95 Å². The van der Waals surface area contributed by atoms with Gasteiger partial charge in [-0.2, -0.15) is 4.98 Å². The van der Waals surface area contributed by atoms with Crippen molar-refractivity contribution in [1.29, 1.82) is 0 Å². The number of rotatable bonds is 8. The van der Waals surface area contributed by atoms with Crippen molar-refractivity contribution >= 4 is 51.8 Å². The molecule has 1 N–H and O–H groups in total. The van der Waals surface area contributed by atoms with Gasteiger partial charge >= 0.3 is 22.8 Å². The van der Waals surface area contributed by atoms with Gasteiger partial charge in [0.25, 0.3) is 5.95 Å². The van der Waals surface area contributed by atoms with Crippen molar-refractivity contribution in [3.8, 4) is 0 Å². The molecule has 3 rings (SSSR count). The number of carbonyl (C=O) groups excluding carboxylic acids is 3. The van der Waals surface area contributed by atoms with E-state index in [2.05, 4.69) is 20.3 Å². The Hall–Kier alpha value is -3.23. The molecule has 4 atom stereocenters. The normalized spacial score (nSPS) is 22.5. The number of hydrogen-bond donors (Lipinski definition) is 1. The van der Waals surface area contributed by atoms with E-state index in [1.54, 1.807) is 13.3 Å². The minimum absolute atomic E-state index is 0.110. The highest BCUT2D eigenvalue weighted by atomic mass is 32.1. The van der Waals surface area contributed by atoms with Crippen molar-refractivity contribution in [2.45, 2.75) is 45.3 Å². The zero-order valence-corrected chi connectivity index (χ0v) is 19.2. The Morgan fingerprint density at radius 1 is 1.21 bits per heavy atom. The number of nitrogens with zero attached hydrogens (tertiary/aromatic N) is 4. The molecule has 1 aliphatic rings. The SMILES string of the molecule is CNC/C=N/c1ncc2sc(=O)n([C@@H]3O[C@H](COC(C)=O)[C@@H](OC(C)=O)[C@H]3OC(C)=O)c2n1. The van der Waals surface area contributed by atoms with Gasteiger partial charge in [0.05, 0.1) is 10.9 Å². The number of ether oxygens (including phenoxy) is 4. The molecule has 0 saturated carbocycles. The van der Waals surface area contributed by atoms with E-state index in [-0.39, 0.29) is 18.2 Å². The molecule has 3 heterocycles. The summed E-state index contributed by atoms with van der Waals surface area (Å²) in [5.74, 6) is -1.82. The topological polar surface area (TPSA) is 160 Å². The predicted octanol–water partition coefficient (Wildman–Crippen LogP) is 0.0986. The molecule has 1 saturated heterocycles. The third-order valence-electron chi connectivity index (χ3n) is 4.44. The molecule has 0 amide bonds. The number of esters is 3. The van der Waals surface area contributed by atoms with Crippen LogP contribution in [0.2, 0.25) is 0 Å². The lowest BCUT2D eigenvalue weighted by Crippen LogP contribution is -2.41. The summed E-state index contributed by atoms with van der Waals surface area (Å²) < 4.78 is 23.3. The number of hydrogen-bond acceptors (Lipinski definition) is 13. The van der Waals surface area contributed by atoms with Gasteiger partial charge in [-0.3, -0.25) is 23.7 Å². The standard InChI is InChI=1S/C19H23N5O8S/c1-9(25)29-8-12-14(30-10(2)26)15(31-11(3)27)17(32-12)24-16-13(33-19(24)28)7-22-18(23-16)21-6-5-20-4/h6-7,12,14-15,17,20H,5,8H2,1-4H3/b21-6+/t12-,14-,15-,17-/m1/s1. The number of carbonyl (C=O) groups is 3. The van der Waals surface area contributed by atoms with E-state index in [0.717, 1.165) is 11.3 Å². The highest BCUT2D eigenvalue weighted by molar-refractivity contribution is 7.16. The number of aromatic nitrogens is 3. The first-order valence-corrected chi connectivity index (χ1v) is 10.7. The van der Waals surface area contributed by atoms with Crippen LogP contribution in [0, 0.1) is 0 Å². The Morgan fingerprint density at radius 2 is 1.91 bits per heavy atom. The predicted molar refractivity (Wildman–Crippen MR) is 115 cm³/mol. The van der Waals surface area contributed by atoms with Gasteiger partial charge in [-0.1, -0.05) is 11.3 Å². The molecule has 0 spiro atoms. The van der Waals surface area contributed by atoms with Crippen LogP contribution in [0.5, 0.6) is 0 Å². The van der Waals surface area contributed by atoms with E-state index in [0.29, 0.717) is 11.2 Å². The zero-order valence-electron chi connectivity index (χ0n) is 18.3. The van der Waals surface area contributed by atoms with Crippen LogP contribution >= 0.6 is 11.3 Å². The second-order valence-corrected chi connectivity index (χ2v) is 7.97.